The van der Waals surface area contributed by atoms with Crippen molar-refractivity contribution >= 4 is 27.8 Å². The number of hydrogen-bond donors (Lipinski definition) is 1. The topological polar surface area (TPSA) is 57.6 Å². The average Bonchev–Trinajstić information content (AvgIpc) is 2.33. The Morgan fingerprint density at radius 1 is 1.25 bits per heavy atom. The van der Waals surface area contributed by atoms with Gasteiger partial charge in [-0.2, -0.15) is 13.2 Å². The molecule has 20 heavy (non-hydrogen) atoms. The van der Waals surface area contributed by atoms with Gasteiger partial charge in [-0.3, -0.25) is 4.79 Å². The van der Waals surface area contributed by atoms with Crippen molar-refractivity contribution in [1.29, 1.82) is 0 Å². The van der Waals surface area contributed by atoms with E-state index in [0.29, 0.717) is 9.37 Å². The molecule has 4 nitrogen and oxygen atoms in total. The van der Waals surface area contributed by atoms with Crippen LogP contribution in [-0.2, 0) is 0 Å². The Hall–Kier alpha value is -1.57. The van der Waals surface area contributed by atoms with Crippen molar-refractivity contribution in [3.63, 3.8) is 0 Å². The van der Waals surface area contributed by atoms with Gasteiger partial charge in [0.15, 0.2) is 0 Å². The number of carboxylic acid groups (broad SMARTS) is 1. The molecule has 8 heteroatoms. The van der Waals surface area contributed by atoms with E-state index in [-0.39, 0.29) is 17.7 Å². The van der Waals surface area contributed by atoms with Crippen molar-refractivity contribution < 1.29 is 27.9 Å². The zero-order valence-corrected chi connectivity index (χ0v) is 12.0. The van der Waals surface area contributed by atoms with Gasteiger partial charge in [-0.05, 0) is 25.1 Å². The summed E-state index contributed by atoms with van der Waals surface area (Å²) in [5, 5.41) is 8.87. The number of alkyl halides is 3. The maximum absolute atomic E-state index is 12.4. The molecule has 0 spiro atoms. The molecule has 0 saturated carbocycles. The zero-order valence-electron chi connectivity index (χ0n) is 10.4. The Morgan fingerprint density at radius 2 is 1.80 bits per heavy atom. The summed E-state index contributed by atoms with van der Waals surface area (Å²) in [5.74, 6) is -2.13. The largest absolute Gasteiger partial charge is 0.478 e. The third-order valence-corrected chi connectivity index (χ3v) is 2.89. The van der Waals surface area contributed by atoms with Gasteiger partial charge in [-0.15, -0.1) is 0 Å². The van der Waals surface area contributed by atoms with Crippen LogP contribution in [0.25, 0.3) is 0 Å². The number of benzene rings is 1. The average molecular weight is 354 g/mol. The van der Waals surface area contributed by atoms with Gasteiger partial charge in [0.1, 0.15) is 6.54 Å². The first-order valence-corrected chi connectivity index (χ1v) is 6.33. The standard InChI is InChI=1S/C12H11BrF3NO3/c1-2-17(6-12(14,15)16)10(18)7-3-8(11(19)20)5-9(13)4-7/h3-5H,2,6H2,1H3,(H,19,20). The monoisotopic (exact) mass is 353 g/mol. The molecule has 1 rings (SSSR count). The molecule has 0 aliphatic heterocycles. The van der Waals surface area contributed by atoms with E-state index in [9.17, 15) is 22.8 Å². The van der Waals surface area contributed by atoms with Crippen LogP contribution in [0.2, 0.25) is 0 Å². The van der Waals surface area contributed by atoms with E-state index in [1.165, 1.54) is 19.1 Å². The van der Waals surface area contributed by atoms with Gasteiger partial charge >= 0.3 is 12.1 Å². The lowest BCUT2D eigenvalue weighted by atomic mass is 10.1. The Balaban J connectivity index is 3.09. The zero-order chi connectivity index (χ0) is 15.5. The highest BCUT2D eigenvalue weighted by Crippen LogP contribution is 2.21. The number of hydrogen-bond acceptors (Lipinski definition) is 2. The Labute approximate surface area is 121 Å². The molecule has 0 saturated heterocycles. The van der Waals surface area contributed by atoms with E-state index >= 15 is 0 Å². The van der Waals surface area contributed by atoms with Gasteiger partial charge in [0.25, 0.3) is 5.91 Å². The molecule has 0 bridgehead atoms. The normalized spacial score (nSPS) is 11.2. The summed E-state index contributed by atoms with van der Waals surface area (Å²) in [5.41, 5.74) is -0.284. The number of aromatic carboxylic acids is 1. The van der Waals surface area contributed by atoms with E-state index in [0.717, 1.165) is 6.07 Å². The fourth-order valence-corrected chi connectivity index (χ4v) is 2.06. The maximum atomic E-state index is 12.4. The van der Waals surface area contributed by atoms with E-state index in [1.807, 2.05) is 0 Å². The molecular weight excluding hydrogens is 343 g/mol. The quantitative estimate of drug-likeness (QED) is 0.904. The lowest BCUT2D eigenvalue weighted by Crippen LogP contribution is -2.38. The highest BCUT2D eigenvalue weighted by molar-refractivity contribution is 9.10. The minimum Gasteiger partial charge on any atom is -0.478 e. The molecule has 1 N–H and O–H groups in total. The lowest BCUT2D eigenvalue weighted by molar-refractivity contribution is -0.140. The van der Waals surface area contributed by atoms with Gasteiger partial charge in [-0.25, -0.2) is 4.79 Å². The summed E-state index contributed by atoms with van der Waals surface area (Å²) in [6.45, 7) is -0.0930. The van der Waals surface area contributed by atoms with Crippen LogP contribution in [0.15, 0.2) is 22.7 Å². The van der Waals surface area contributed by atoms with E-state index in [4.69, 9.17) is 5.11 Å². The molecule has 0 atom stereocenters. The predicted molar refractivity (Wildman–Crippen MR) is 68.7 cm³/mol. The summed E-state index contributed by atoms with van der Waals surface area (Å²) in [6, 6.07) is 3.60. The van der Waals surface area contributed by atoms with Gasteiger partial charge in [0.05, 0.1) is 5.56 Å². The number of carbonyl (C=O) groups is 2. The minimum absolute atomic E-state index is 0.108. The SMILES string of the molecule is CCN(CC(F)(F)F)C(=O)c1cc(Br)cc(C(=O)O)c1. The Morgan fingerprint density at radius 3 is 2.25 bits per heavy atom. The number of halogens is 4. The van der Waals surface area contributed by atoms with Gasteiger partial charge in [0.2, 0.25) is 0 Å². The first-order chi connectivity index (χ1) is 9.14. The molecule has 0 aliphatic rings. The minimum atomic E-state index is -4.51. The molecule has 1 amide bonds. The maximum Gasteiger partial charge on any atom is 0.406 e. The van der Waals surface area contributed by atoms with E-state index < -0.39 is 24.6 Å². The summed E-state index contributed by atoms with van der Waals surface area (Å²) >= 11 is 3.03. The van der Waals surface area contributed by atoms with Crippen molar-refractivity contribution in [3.8, 4) is 0 Å². The molecule has 0 heterocycles. The fraction of sp³-hybridized carbons (Fsp3) is 0.333. The summed E-state index contributed by atoms with van der Waals surface area (Å²) in [6.07, 6.45) is -4.51. The van der Waals surface area contributed by atoms with Crippen molar-refractivity contribution in [2.24, 2.45) is 0 Å². The number of amides is 1. The molecule has 0 aliphatic carbocycles. The van der Waals surface area contributed by atoms with Crippen molar-refractivity contribution in [2.75, 3.05) is 13.1 Å². The molecule has 0 radical (unpaired) electrons. The van der Waals surface area contributed by atoms with Gasteiger partial charge in [-0.1, -0.05) is 15.9 Å². The van der Waals surface area contributed by atoms with Crippen molar-refractivity contribution in [2.45, 2.75) is 13.1 Å². The number of rotatable bonds is 4. The molecule has 0 aromatic heterocycles. The third-order valence-electron chi connectivity index (χ3n) is 2.43. The highest BCUT2D eigenvalue weighted by atomic mass is 79.9. The summed E-state index contributed by atoms with van der Waals surface area (Å²) < 4.78 is 37.4. The van der Waals surface area contributed by atoms with Crippen LogP contribution in [0.4, 0.5) is 13.2 Å². The van der Waals surface area contributed by atoms with Crippen molar-refractivity contribution in [3.05, 3.63) is 33.8 Å². The highest BCUT2D eigenvalue weighted by Gasteiger charge is 2.32. The summed E-state index contributed by atoms with van der Waals surface area (Å²) in [4.78, 5) is 23.5. The Bertz CT molecular complexity index is 531. The van der Waals surface area contributed by atoms with Crippen LogP contribution in [0.5, 0.6) is 0 Å². The van der Waals surface area contributed by atoms with Crippen LogP contribution in [-0.4, -0.2) is 41.1 Å². The van der Waals surface area contributed by atoms with Gasteiger partial charge < -0.3 is 10.0 Å². The molecule has 1 aromatic carbocycles. The van der Waals surface area contributed by atoms with Crippen LogP contribution in [0.3, 0.4) is 0 Å². The first kappa shape index (κ1) is 16.5. The van der Waals surface area contributed by atoms with Crippen LogP contribution in [0, 0.1) is 0 Å². The van der Waals surface area contributed by atoms with Crippen LogP contribution < -0.4 is 0 Å². The van der Waals surface area contributed by atoms with E-state index in [1.54, 1.807) is 0 Å². The van der Waals surface area contributed by atoms with Crippen LogP contribution >= 0.6 is 15.9 Å². The fourth-order valence-electron chi connectivity index (χ4n) is 1.56. The Kier molecular flexibility index (Phi) is 5.15. The molecule has 110 valence electrons. The number of carboxylic acids is 1. The third kappa shape index (κ3) is 4.52. The van der Waals surface area contributed by atoms with Crippen LogP contribution in [0.1, 0.15) is 27.6 Å². The summed E-state index contributed by atoms with van der Waals surface area (Å²) in [7, 11) is 0. The second-order valence-corrected chi connectivity index (χ2v) is 4.88. The number of carbonyl (C=O) groups excluding carboxylic acids is 1. The first-order valence-electron chi connectivity index (χ1n) is 5.54. The second-order valence-electron chi connectivity index (χ2n) is 3.97. The van der Waals surface area contributed by atoms with Gasteiger partial charge in [0, 0.05) is 16.6 Å². The molecule has 1 aromatic rings. The smallest absolute Gasteiger partial charge is 0.406 e. The molecule has 0 fully saturated rings. The molecule has 0 unspecified atom stereocenters. The number of nitrogens with zero attached hydrogens (tertiary/aromatic N) is 1. The molecular formula is C12H11BrF3NO3. The predicted octanol–water partition coefficient (Wildman–Crippen LogP) is 3.17. The second kappa shape index (κ2) is 6.25. The van der Waals surface area contributed by atoms with Crippen molar-refractivity contribution in [1.82, 2.24) is 4.90 Å². The van der Waals surface area contributed by atoms with E-state index in [2.05, 4.69) is 15.9 Å². The lowest BCUT2D eigenvalue weighted by Gasteiger charge is -2.22.